The van der Waals surface area contributed by atoms with Crippen LogP contribution in [0.4, 0.5) is 0 Å². The van der Waals surface area contributed by atoms with E-state index in [9.17, 15) is 5.11 Å². The van der Waals surface area contributed by atoms with Gasteiger partial charge in [0.25, 0.3) is 0 Å². The molecule has 2 N–H and O–H groups in total. The third kappa shape index (κ3) is 5.39. The summed E-state index contributed by atoms with van der Waals surface area (Å²) in [5, 5.41) is 13.2. The van der Waals surface area contributed by atoms with Crippen LogP contribution in [0.25, 0.3) is 0 Å². The van der Waals surface area contributed by atoms with Gasteiger partial charge in [-0.05, 0) is 37.6 Å². The lowest BCUT2D eigenvalue weighted by Gasteiger charge is -2.36. The summed E-state index contributed by atoms with van der Waals surface area (Å²) >= 11 is 0. The van der Waals surface area contributed by atoms with Crippen molar-refractivity contribution in [1.82, 2.24) is 5.32 Å². The molecule has 0 saturated heterocycles. The quantitative estimate of drug-likeness (QED) is 0.717. The first-order valence-electron chi connectivity index (χ1n) is 7.39. The van der Waals surface area contributed by atoms with Gasteiger partial charge in [0, 0.05) is 18.6 Å². The lowest BCUT2D eigenvalue weighted by Crippen LogP contribution is -2.40. The average molecular weight is 241 g/mol. The fraction of sp³-hybridized carbons (Fsp3) is 1.00. The summed E-state index contributed by atoms with van der Waals surface area (Å²) in [4.78, 5) is 0. The van der Waals surface area contributed by atoms with E-state index in [1.807, 2.05) is 0 Å². The van der Waals surface area contributed by atoms with Crippen LogP contribution in [0.15, 0.2) is 0 Å². The summed E-state index contributed by atoms with van der Waals surface area (Å²) in [6.07, 6.45) is 7.64. The fourth-order valence-electron chi connectivity index (χ4n) is 3.16. The van der Waals surface area contributed by atoms with Crippen molar-refractivity contribution in [3.05, 3.63) is 0 Å². The predicted octanol–water partition coefficient (Wildman–Crippen LogP) is 3.20. The summed E-state index contributed by atoms with van der Waals surface area (Å²) in [7, 11) is 0. The first-order valence-corrected chi connectivity index (χ1v) is 7.39. The van der Waals surface area contributed by atoms with E-state index >= 15 is 0 Å². The van der Waals surface area contributed by atoms with Crippen molar-refractivity contribution >= 4 is 0 Å². The van der Waals surface area contributed by atoms with Crippen LogP contribution in [0.5, 0.6) is 0 Å². The van der Waals surface area contributed by atoms with E-state index in [0.29, 0.717) is 6.61 Å². The van der Waals surface area contributed by atoms with E-state index in [0.717, 1.165) is 24.9 Å². The molecule has 2 nitrogen and oxygen atoms in total. The Morgan fingerprint density at radius 2 is 1.76 bits per heavy atom. The number of hydrogen-bond acceptors (Lipinski definition) is 2. The Bertz CT molecular complexity index is 197. The second kappa shape index (κ2) is 7.38. The summed E-state index contributed by atoms with van der Waals surface area (Å²) in [5.74, 6) is 1.53. The SMILES string of the molecule is CC(C)CC(C)CNCC1(CO)CCCCC1. The topological polar surface area (TPSA) is 32.3 Å². The zero-order valence-electron chi connectivity index (χ0n) is 12.0. The van der Waals surface area contributed by atoms with Crippen molar-refractivity contribution in [3.8, 4) is 0 Å². The minimum absolute atomic E-state index is 0.190. The van der Waals surface area contributed by atoms with Crippen LogP contribution in [0.2, 0.25) is 0 Å². The van der Waals surface area contributed by atoms with Gasteiger partial charge in [-0.25, -0.2) is 0 Å². The number of hydrogen-bond donors (Lipinski definition) is 2. The maximum atomic E-state index is 9.61. The van der Waals surface area contributed by atoms with E-state index in [2.05, 4.69) is 26.1 Å². The average Bonchev–Trinajstić information content (AvgIpc) is 2.29. The van der Waals surface area contributed by atoms with Gasteiger partial charge >= 0.3 is 0 Å². The van der Waals surface area contributed by atoms with Gasteiger partial charge in [0.15, 0.2) is 0 Å². The number of aliphatic hydroxyl groups is 1. The lowest BCUT2D eigenvalue weighted by atomic mass is 9.74. The highest BCUT2D eigenvalue weighted by atomic mass is 16.3. The lowest BCUT2D eigenvalue weighted by molar-refractivity contribution is 0.0803. The molecule has 1 aliphatic carbocycles. The summed E-state index contributed by atoms with van der Waals surface area (Å²) < 4.78 is 0. The van der Waals surface area contributed by atoms with Crippen molar-refractivity contribution in [2.45, 2.75) is 59.3 Å². The van der Waals surface area contributed by atoms with Gasteiger partial charge in [-0.1, -0.05) is 40.0 Å². The third-order valence-electron chi connectivity index (χ3n) is 4.12. The van der Waals surface area contributed by atoms with E-state index in [1.54, 1.807) is 0 Å². The molecule has 0 amide bonds. The molecule has 1 rings (SSSR count). The number of aliphatic hydroxyl groups excluding tert-OH is 1. The molecular formula is C15H31NO. The van der Waals surface area contributed by atoms with Crippen LogP contribution in [0.1, 0.15) is 59.3 Å². The van der Waals surface area contributed by atoms with Crippen LogP contribution < -0.4 is 5.32 Å². The van der Waals surface area contributed by atoms with Crippen molar-refractivity contribution in [2.24, 2.45) is 17.3 Å². The predicted molar refractivity (Wildman–Crippen MR) is 74.1 cm³/mol. The summed E-state index contributed by atoms with van der Waals surface area (Å²) in [6.45, 7) is 9.35. The van der Waals surface area contributed by atoms with E-state index in [1.165, 1.54) is 38.5 Å². The van der Waals surface area contributed by atoms with E-state index < -0.39 is 0 Å². The first kappa shape index (κ1) is 15.0. The Morgan fingerprint density at radius 3 is 2.29 bits per heavy atom. The molecule has 0 heterocycles. The standard InChI is InChI=1S/C15H31NO/c1-13(2)9-14(3)10-16-11-15(12-17)7-5-4-6-8-15/h13-14,16-17H,4-12H2,1-3H3. The molecule has 0 aromatic carbocycles. The minimum Gasteiger partial charge on any atom is -0.396 e. The molecule has 17 heavy (non-hydrogen) atoms. The zero-order chi connectivity index (χ0) is 12.7. The smallest absolute Gasteiger partial charge is 0.0499 e. The van der Waals surface area contributed by atoms with E-state index in [4.69, 9.17) is 0 Å². The van der Waals surface area contributed by atoms with E-state index in [-0.39, 0.29) is 5.41 Å². The molecule has 0 aliphatic heterocycles. The van der Waals surface area contributed by atoms with Crippen LogP contribution in [0.3, 0.4) is 0 Å². The van der Waals surface area contributed by atoms with Gasteiger partial charge in [0.2, 0.25) is 0 Å². The molecule has 0 aromatic rings. The Kier molecular flexibility index (Phi) is 6.50. The molecule has 2 heteroatoms. The van der Waals surface area contributed by atoms with Crippen molar-refractivity contribution in [2.75, 3.05) is 19.7 Å². The van der Waals surface area contributed by atoms with Crippen molar-refractivity contribution in [1.29, 1.82) is 0 Å². The normalized spacial score (nSPS) is 21.7. The minimum atomic E-state index is 0.190. The molecule has 1 saturated carbocycles. The third-order valence-corrected chi connectivity index (χ3v) is 4.12. The molecule has 0 spiro atoms. The van der Waals surface area contributed by atoms with Gasteiger partial charge in [0.05, 0.1) is 0 Å². The molecule has 1 unspecified atom stereocenters. The number of nitrogens with one attached hydrogen (secondary N) is 1. The highest BCUT2D eigenvalue weighted by molar-refractivity contribution is 4.84. The summed E-state index contributed by atoms with van der Waals surface area (Å²) in [5.41, 5.74) is 0.190. The summed E-state index contributed by atoms with van der Waals surface area (Å²) in [6, 6.07) is 0. The van der Waals surface area contributed by atoms with Gasteiger partial charge in [-0.15, -0.1) is 0 Å². The molecule has 1 atom stereocenters. The van der Waals surface area contributed by atoms with Gasteiger partial charge < -0.3 is 10.4 Å². The maximum Gasteiger partial charge on any atom is 0.0499 e. The molecule has 102 valence electrons. The largest absolute Gasteiger partial charge is 0.396 e. The Morgan fingerprint density at radius 1 is 1.12 bits per heavy atom. The zero-order valence-corrected chi connectivity index (χ0v) is 12.0. The monoisotopic (exact) mass is 241 g/mol. The maximum absolute atomic E-state index is 9.61. The van der Waals surface area contributed by atoms with Gasteiger partial charge in [0.1, 0.15) is 0 Å². The first-order chi connectivity index (χ1) is 8.08. The van der Waals surface area contributed by atoms with Crippen LogP contribution in [-0.2, 0) is 0 Å². The molecule has 0 bridgehead atoms. The van der Waals surface area contributed by atoms with Crippen LogP contribution >= 0.6 is 0 Å². The Labute approximate surface area is 107 Å². The Hall–Kier alpha value is -0.0800. The van der Waals surface area contributed by atoms with Gasteiger partial charge in [-0.3, -0.25) is 0 Å². The molecule has 1 fully saturated rings. The molecule has 0 aromatic heterocycles. The molecular weight excluding hydrogens is 210 g/mol. The Balaban J connectivity index is 2.23. The molecule has 0 radical (unpaired) electrons. The second-order valence-corrected chi connectivity index (χ2v) is 6.58. The second-order valence-electron chi connectivity index (χ2n) is 6.58. The van der Waals surface area contributed by atoms with Crippen molar-refractivity contribution in [3.63, 3.8) is 0 Å². The highest BCUT2D eigenvalue weighted by Gasteiger charge is 2.30. The van der Waals surface area contributed by atoms with Crippen LogP contribution in [0, 0.1) is 17.3 Å². The van der Waals surface area contributed by atoms with Crippen LogP contribution in [-0.4, -0.2) is 24.8 Å². The highest BCUT2D eigenvalue weighted by Crippen LogP contribution is 2.35. The molecule has 1 aliphatic rings. The fourth-order valence-corrected chi connectivity index (χ4v) is 3.16. The van der Waals surface area contributed by atoms with Crippen molar-refractivity contribution < 1.29 is 5.11 Å². The van der Waals surface area contributed by atoms with Gasteiger partial charge in [-0.2, -0.15) is 0 Å². The number of rotatable bonds is 7.